The summed E-state index contributed by atoms with van der Waals surface area (Å²) in [4.78, 5) is 11.9. The average Bonchev–Trinajstić information content (AvgIpc) is 2.37. The van der Waals surface area contributed by atoms with E-state index < -0.39 is 0 Å². The number of hydrogen-bond acceptors (Lipinski definition) is 1. The topological polar surface area (TPSA) is 17.1 Å². The summed E-state index contributed by atoms with van der Waals surface area (Å²) in [5.41, 5.74) is 1.76. The van der Waals surface area contributed by atoms with Gasteiger partial charge >= 0.3 is 0 Å². The van der Waals surface area contributed by atoms with Crippen LogP contribution in [0.15, 0.2) is 60.7 Å². The lowest BCUT2D eigenvalue weighted by atomic mass is 10.1. The molecule has 0 fully saturated rings. The van der Waals surface area contributed by atoms with E-state index in [9.17, 15) is 4.79 Å². The fourth-order valence-corrected chi connectivity index (χ4v) is 2.02. The second kappa shape index (κ2) is 5.77. The first kappa shape index (κ1) is 12.0. The van der Waals surface area contributed by atoms with Gasteiger partial charge in [-0.3, -0.25) is 4.79 Å². The smallest absolute Gasteiger partial charge is 0.185 e. The third-order valence-electron chi connectivity index (χ3n) is 2.34. The number of allylic oxidation sites excluding steroid dienone is 1. The Bertz CT molecular complexity index is 544. The molecule has 2 heteroatoms. The van der Waals surface area contributed by atoms with Crippen molar-refractivity contribution in [2.75, 3.05) is 0 Å². The van der Waals surface area contributed by atoms with Gasteiger partial charge in [0.25, 0.3) is 0 Å². The quantitative estimate of drug-likeness (QED) is 0.467. The molecule has 0 N–H and O–H groups in total. The maximum Gasteiger partial charge on any atom is 0.185 e. The van der Waals surface area contributed by atoms with Crippen molar-refractivity contribution >= 4 is 34.5 Å². The van der Waals surface area contributed by atoms with E-state index in [2.05, 4.69) is 22.6 Å². The lowest BCUT2D eigenvalue weighted by Gasteiger charge is -1.96. The number of rotatable bonds is 3. The monoisotopic (exact) mass is 334 g/mol. The highest BCUT2D eigenvalue weighted by Crippen LogP contribution is 2.10. The molecule has 0 amide bonds. The van der Waals surface area contributed by atoms with Gasteiger partial charge in [-0.15, -0.1) is 0 Å². The van der Waals surface area contributed by atoms with E-state index in [1.807, 2.05) is 60.7 Å². The molecule has 84 valence electrons. The summed E-state index contributed by atoms with van der Waals surface area (Å²) in [5.74, 6) is 0.0346. The number of benzene rings is 2. The fourth-order valence-electron chi connectivity index (χ4n) is 1.47. The van der Waals surface area contributed by atoms with Crippen molar-refractivity contribution in [1.29, 1.82) is 0 Å². The molecule has 0 aliphatic rings. The highest BCUT2D eigenvalue weighted by Gasteiger charge is 2.01. The van der Waals surface area contributed by atoms with Crippen LogP contribution in [0.4, 0.5) is 0 Å². The number of carbonyl (C=O) groups is 1. The zero-order valence-electron chi connectivity index (χ0n) is 9.14. The van der Waals surface area contributed by atoms with Gasteiger partial charge in [-0.2, -0.15) is 0 Å². The van der Waals surface area contributed by atoms with Gasteiger partial charge in [0.2, 0.25) is 0 Å². The molecule has 0 bridgehead atoms. The van der Waals surface area contributed by atoms with Gasteiger partial charge < -0.3 is 0 Å². The van der Waals surface area contributed by atoms with E-state index in [0.717, 1.165) is 14.7 Å². The maximum atomic E-state index is 11.9. The van der Waals surface area contributed by atoms with Crippen LogP contribution in [-0.2, 0) is 0 Å². The molecule has 0 aliphatic carbocycles. The number of carbonyl (C=O) groups excluding carboxylic acids is 1. The van der Waals surface area contributed by atoms with Crippen LogP contribution in [0.3, 0.4) is 0 Å². The Labute approximate surface area is 114 Å². The standard InChI is InChI=1S/C15H11IO/c16-14-8-4-7-13(11-14)15(17)10-9-12-5-2-1-3-6-12/h1-11H. The molecule has 0 spiro atoms. The van der Waals surface area contributed by atoms with Crippen LogP contribution in [0.2, 0.25) is 0 Å². The van der Waals surface area contributed by atoms with Crippen LogP contribution < -0.4 is 0 Å². The van der Waals surface area contributed by atoms with Crippen molar-refractivity contribution < 1.29 is 4.79 Å². The lowest BCUT2D eigenvalue weighted by molar-refractivity contribution is 0.104. The van der Waals surface area contributed by atoms with Crippen LogP contribution in [0.25, 0.3) is 6.08 Å². The summed E-state index contributed by atoms with van der Waals surface area (Å²) in [5, 5.41) is 0. The molecular formula is C15H11IO. The van der Waals surface area contributed by atoms with E-state index in [1.165, 1.54) is 0 Å². The largest absolute Gasteiger partial charge is 0.289 e. The second-order valence-electron chi connectivity index (χ2n) is 3.62. The Hall–Kier alpha value is -1.42. The zero-order chi connectivity index (χ0) is 12.1. The maximum absolute atomic E-state index is 11.9. The van der Waals surface area contributed by atoms with Gasteiger partial charge in [-0.25, -0.2) is 0 Å². The minimum atomic E-state index is 0.0346. The highest BCUT2D eigenvalue weighted by molar-refractivity contribution is 14.1. The van der Waals surface area contributed by atoms with E-state index in [-0.39, 0.29) is 5.78 Å². The van der Waals surface area contributed by atoms with Crippen LogP contribution >= 0.6 is 22.6 Å². The van der Waals surface area contributed by atoms with Gasteiger partial charge in [0.15, 0.2) is 5.78 Å². The predicted octanol–water partition coefficient (Wildman–Crippen LogP) is 4.19. The van der Waals surface area contributed by atoms with Gasteiger partial charge in [0.05, 0.1) is 0 Å². The molecule has 0 saturated carbocycles. The van der Waals surface area contributed by atoms with E-state index in [4.69, 9.17) is 0 Å². The molecule has 2 aromatic rings. The Morgan fingerprint density at radius 1 is 1.00 bits per heavy atom. The second-order valence-corrected chi connectivity index (χ2v) is 4.86. The minimum absolute atomic E-state index is 0.0346. The number of ketones is 1. The number of hydrogen-bond donors (Lipinski definition) is 0. The van der Waals surface area contributed by atoms with Crippen molar-refractivity contribution in [3.8, 4) is 0 Å². The van der Waals surface area contributed by atoms with Crippen molar-refractivity contribution in [3.05, 3.63) is 75.4 Å². The third kappa shape index (κ3) is 3.53. The van der Waals surface area contributed by atoms with Gasteiger partial charge in [-0.05, 0) is 46.4 Å². The molecule has 17 heavy (non-hydrogen) atoms. The minimum Gasteiger partial charge on any atom is -0.289 e. The Morgan fingerprint density at radius 3 is 2.47 bits per heavy atom. The van der Waals surface area contributed by atoms with Crippen molar-refractivity contribution in [2.24, 2.45) is 0 Å². The highest BCUT2D eigenvalue weighted by atomic mass is 127. The summed E-state index contributed by atoms with van der Waals surface area (Å²) in [6, 6.07) is 17.4. The van der Waals surface area contributed by atoms with Crippen LogP contribution in [0.1, 0.15) is 15.9 Å². The van der Waals surface area contributed by atoms with E-state index >= 15 is 0 Å². The predicted molar refractivity (Wildman–Crippen MR) is 79.0 cm³/mol. The average molecular weight is 334 g/mol. The Balaban J connectivity index is 2.15. The van der Waals surface area contributed by atoms with Crippen LogP contribution in [0, 0.1) is 3.57 Å². The molecule has 0 unspecified atom stereocenters. The number of halogens is 1. The molecule has 1 nitrogen and oxygen atoms in total. The van der Waals surface area contributed by atoms with Gasteiger partial charge in [0.1, 0.15) is 0 Å². The third-order valence-corrected chi connectivity index (χ3v) is 3.01. The first-order valence-corrected chi connectivity index (χ1v) is 6.36. The summed E-state index contributed by atoms with van der Waals surface area (Å²) in [6.07, 6.45) is 3.45. The SMILES string of the molecule is O=C(C=Cc1ccccc1)c1cccc(I)c1. The zero-order valence-corrected chi connectivity index (χ0v) is 11.3. The molecule has 2 aromatic carbocycles. The first-order valence-electron chi connectivity index (χ1n) is 5.29. The van der Waals surface area contributed by atoms with Crippen molar-refractivity contribution in [3.63, 3.8) is 0 Å². The van der Waals surface area contributed by atoms with E-state index in [1.54, 1.807) is 6.08 Å². The normalized spacial score (nSPS) is 10.6. The molecule has 0 aliphatic heterocycles. The molecule has 0 aromatic heterocycles. The molecule has 2 rings (SSSR count). The van der Waals surface area contributed by atoms with Crippen LogP contribution in [-0.4, -0.2) is 5.78 Å². The van der Waals surface area contributed by atoms with Crippen molar-refractivity contribution in [2.45, 2.75) is 0 Å². The van der Waals surface area contributed by atoms with Crippen molar-refractivity contribution in [1.82, 2.24) is 0 Å². The van der Waals surface area contributed by atoms with E-state index in [0.29, 0.717) is 0 Å². The lowest BCUT2D eigenvalue weighted by Crippen LogP contribution is -1.93. The molecule has 0 saturated heterocycles. The molecular weight excluding hydrogens is 323 g/mol. The molecule has 0 heterocycles. The summed E-state index contributed by atoms with van der Waals surface area (Å²) in [6.45, 7) is 0. The molecule has 0 atom stereocenters. The molecule has 0 radical (unpaired) electrons. The van der Waals surface area contributed by atoms with Gasteiger partial charge in [-0.1, -0.05) is 48.5 Å². The summed E-state index contributed by atoms with van der Waals surface area (Å²) in [7, 11) is 0. The Morgan fingerprint density at radius 2 is 1.76 bits per heavy atom. The summed E-state index contributed by atoms with van der Waals surface area (Å²) < 4.78 is 1.07. The fraction of sp³-hybridized carbons (Fsp3) is 0. The first-order chi connectivity index (χ1) is 8.25. The summed E-state index contributed by atoms with van der Waals surface area (Å²) >= 11 is 2.20. The van der Waals surface area contributed by atoms with Crippen LogP contribution in [0.5, 0.6) is 0 Å². The Kier molecular flexibility index (Phi) is 4.09. The van der Waals surface area contributed by atoms with Gasteiger partial charge in [0, 0.05) is 9.13 Å².